The SMILES string of the molecule is CCC(O)(OC[C@H]1OC[C@H](O)[C@@H]1O)OP(O)OC(O)(CC)OC(O)(CC)OC[C@@H]1CC[C@H](n2cnc3c(=N)n(C)cnc32)O1. The first-order chi connectivity index (χ1) is 20.7. The van der Waals surface area contributed by atoms with Gasteiger partial charge in [-0.25, -0.2) is 9.97 Å². The van der Waals surface area contributed by atoms with Gasteiger partial charge in [0.1, 0.15) is 30.1 Å². The van der Waals surface area contributed by atoms with Crippen LogP contribution in [0.15, 0.2) is 12.7 Å². The molecule has 4 unspecified atom stereocenters. The fourth-order valence-electron chi connectivity index (χ4n) is 4.55. The molecule has 250 valence electrons. The summed E-state index contributed by atoms with van der Waals surface area (Å²) in [4.78, 5) is 19.1. The molecule has 4 heterocycles. The molecule has 2 fully saturated rings. The van der Waals surface area contributed by atoms with Gasteiger partial charge in [0.05, 0.1) is 38.6 Å². The lowest BCUT2D eigenvalue weighted by atomic mass is 10.2. The largest absolute Gasteiger partial charge is 0.388 e. The molecule has 4 rings (SSSR count). The average Bonchev–Trinajstić information content (AvgIpc) is 3.72. The standard InChI is InChI=1S/C25H42N5O13P/c1-5-23(33,38-10-15-8-9-18(40-15)30-14-27-19-21(26)29(4)13-28-22(19)30)41-25(35,7-3)43-44(36)42-24(34,6-2)39-12-17-20(32)16(31)11-37-17/h13-18,20,26,31-36H,5-12H2,1-4H3/t15-,16-,17+,18+,20-,23?,24?,25?,44?/m0/s1. The van der Waals surface area contributed by atoms with Crippen molar-refractivity contribution < 1.29 is 63.2 Å². The van der Waals surface area contributed by atoms with Crippen LogP contribution in [0, 0.1) is 5.41 Å². The number of hydrogen-bond donors (Lipinski definition) is 7. The molecule has 0 aliphatic carbocycles. The van der Waals surface area contributed by atoms with Gasteiger partial charge in [0.2, 0.25) is 0 Å². The summed E-state index contributed by atoms with van der Waals surface area (Å²) < 4.78 is 41.1. The summed E-state index contributed by atoms with van der Waals surface area (Å²) in [5.41, 5.74) is 1.15. The summed E-state index contributed by atoms with van der Waals surface area (Å²) in [5, 5.41) is 60.2. The third kappa shape index (κ3) is 8.15. The van der Waals surface area contributed by atoms with Crippen molar-refractivity contribution in [2.75, 3.05) is 19.8 Å². The summed E-state index contributed by atoms with van der Waals surface area (Å²) in [5.74, 6) is -7.39. The van der Waals surface area contributed by atoms with E-state index in [-0.39, 0.29) is 44.6 Å². The molecule has 2 saturated heterocycles. The number of hydrogen-bond acceptors (Lipinski definition) is 16. The Labute approximate surface area is 254 Å². The van der Waals surface area contributed by atoms with Gasteiger partial charge in [-0.3, -0.25) is 23.8 Å². The molecule has 0 spiro atoms. The lowest BCUT2D eigenvalue weighted by Gasteiger charge is -2.37. The molecule has 0 bridgehead atoms. The zero-order valence-corrected chi connectivity index (χ0v) is 25.9. The van der Waals surface area contributed by atoms with E-state index in [1.54, 1.807) is 22.5 Å². The topological polar surface area (TPSA) is 245 Å². The molecular formula is C25H42N5O13P. The number of nitrogens with one attached hydrogen (secondary N) is 1. The van der Waals surface area contributed by atoms with Gasteiger partial charge in [-0.05, 0) is 12.8 Å². The van der Waals surface area contributed by atoms with Crippen molar-refractivity contribution in [3.8, 4) is 0 Å². The van der Waals surface area contributed by atoms with Crippen LogP contribution in [0.2, 0.25) is 0 Å². The van der Waals surface area contributed by atoms with Crippen molar-refractivity contribution in [1.82, 2.24) is 19.1 Å². The number of nitrogens with zero attached hydrogens (tertiary/aromatic N) is 4. The Hall–Kier alpha value is -1.74. The highest BCUT2D eigenvalue weighted by Crippen LogP contribution is 2.45. The van der Waals surface area contributed by atoms with Gasteiger partial charge in [-0.1, -0.05) is 20.8 Å². The quantitative estimate of drug-likeness (QED) is 0.0895. The van der Waals surface area contributed by atoms with E-state index in [0.29, 0.717) is 24.0 Å². The van der Waals surface area contributed by atoms with Crippen LogP contribution in [0.4, 0.5) is 0 Å². The second-order valence-corrected chi connectivity index (χ2v) is 11.4. The minimum Gasteiger partial charge on any atom is -0.388 e. The van der Waals surface area contributed by atoms with E-state index in [2.05, 4.69) is 9.97 Å². The third-order valence-corrected chi connectivity index (χ3v) is 8.30. The average molecular weight is 652 g/mol. The number of ether oxygens (including phenoxy) is 5. The fraction of sp³-hybridized carbons (Fsp3) is 0.800. The second kappa shape index (κ2) is 14.4. The molecule has 2 aliphatic heterocycles. The van der Waals surface area contributed by atoms with Gasteiger partial charge in [0, 0.05) is 26.3 Å². The predicted octanol–water partition coefficient (Wildman–Crippen LogP) is -0.482. The van der Waals surface area contributed by atoms with E-state index in [1.807, 2.05) is 0 Å². The molecule has 2 aromatic heterocycles. The third-order valence-electron chi connectivity index (χ3n) is 7.42. The van der Waals surface area contributed by atoms with Crippen molar-refractivity contribution in [3.63, 3.8) is 0 Å². The van der Waals surface area contributed by atoms with Crippen LogP contribution >= 0.6 is 8.60 Å². The Kier molecular flexibility index (Phi) is 11.5. The summed E-state index contributed by atoms with van der Waals surface area (Å²) in [6.07, 6.45) is -0.620. The highest BCUT2D eigenvalue weighted by Gasteiger charge is 2.45. The highest BCUT2D eigenvalue weighted by molar-refractivity contribution is 7.40. The minimum absolute atomic E-state index is 0.112. The fourth-order valence-corrected chi connectivity index (χ4v) is 5.43. The summed E-state index contributed by atoms with van der Waals surface area (Å²) >= 11 is 0. The van der Waals surface area contributed by atoms with E-state index < -0.39 is 57.2 Å². The van der Waals surface area contributed by atoms with Gasteiger partial charge < -0.3 is 53.9 Å². The highest BCUT2D eigenvalue weighted by atomic mass is 31.2. The summed E-state index contributed by atoms with van der Waals surface area (Å²) in [7, 11) is -1.35. The first-order valence-corrected chi connectivity index (χ1v) is 15.5. The normalized spacial score (nSPS) is 29.0. The molecule has 0 aromatic carbocycles. The molecule has 0 saturated carbocycles. The van der Waals surface area contributed by atoms with Crippen molar-refractivity contribution >= 4 is 19.8 Å². The Morgan fingerprint density at radius 2 is 1.64 bits per heavy atom. The summed E-state index contributed by atoms with van der Waals surface area (Å²) in [6.45, 7) is 3.84. The monoisotopic (exact) mass is 651 g/mol. The molecule has 9 atom stereocenters. The molecule has 7 N–H and O–H groups in total. The van der Waals surface area contributed by atoms with Gasteiger partial charge in [-0.15, -0.1) is 0 Å². The molecule has 0 radical (unpaired) electrons. The Morgan fingerprint density at radius 1 is 0.977 bits per heavy atom. The van der Waals surface area contributed by atoms with Gasteiger partial charge >= 0.3 is 8.60 Å². The van der Waals surface area contributed by atoms with Crippen LogP contribution < -0.4 is 5.49 Å². The molecular weight excluding hydrogens is 609 g/mol. The zero-order chi connectivity index (χ0) is 32.3. The van der Waals surface area contributed by atoms with Gasteiger partial charge in [0.25, 0.3) is 17.9 Å². The maximum absolute atomic E-state index is 11.0. The number of imidazole rings is 1. The lowest BCUT2D eigenvalue weighted by molar-refractivity contribution is -0.476. The maximum atomic E-state index is 11.0. The lowest BCUT2D eigenvalue weighted by Crippen LogP contribution is -2.48. The Bertz CT molecular complexity index is 1300. The van der Waals surface area contributed by atoms with Crippen LogP contribution in [0.25, 0.3) is 11.2 Å². The van der Waals surface area contributed by atoms with Crippen molar-refractivity contribution in [2.45, 2.75) is 101 Å². The van der Waals surface area contributed by atoms with Crippen LogP contribution in [0.5, 0.6) is 0 Å². The number of aryl methyl sites for hydroxylation is 1. The number of fused-ring (bicyclic) bond motifs is 1. The van der Waals surface area contributed by atoms with Crippen molar-refractivity contribution in [3.05, 3.63) is 18.1 Å². The number of aromatic nitrogens is 4. The molecule has 2 aromatic rings. The Morgan fingerprint density at radius 3 is 2.27 bits per heavy atom. The smallest absolute Gasteiger partial charge is 0.338 e. The van der Waals surface area contributed by atoms with Crippen LogP contribution in [0.3, 0.4) is 0 Å². The minimum atomic E-state index is -3.06. The van der Waals surface area contributed by atoms with E-state index in [9.17, 15) is 30.4 Å². The van der Waals surface area contributed by atoms with E-state index in [1.165, 1.54) is 27.1 Å². The van der Waals surface area contributed by atoms with E-state index in [4.69, 9.17) is 38.1 Å². The van der Waals surface area contributed by atoms with E-state index in [0.717, 1.165) is 0 Å². The maximum Gasteiger partial charge on any atom is 0.338 e. The molecule has 0 amide bonds. The molecule has 19 heteroatoms. The second-order valence-electron chi connectivity index (χ2n) is 10.6. The van der Waals surface area contributed by atoms with Crippen molar-refractivity contribution in [2.24, 2.45) is 7.05 Å². The van der Waals surface area contributed by atoms with Crippen LogP contribution in [-0.4, -0.2) is 112 Å². The zero-order valence-electron chi connectivity index (χ0n) is 25.0. The molecule has 44 heavy (non-hydrogen) atoms. The number of aliphatic hydroxyl groups is 5. The van der Waals surface area contributed by atoms with E-state index >= 15 is 0 Å². The Balaban J connectivity index is 1.30. The first kappa shape index (κ1) is 35.1. The number of aliphatic hydroxyl groups excluding tert-OH is 2. The predicted molar refractivity (Wildman–Crippen MR) is 147 cm³/mol. The van der Waals surface area contributed by atoms with Gasteiger partial charge in [0.15, 0.2) is 11.1 Å². The first-order valence-electron chi connectivity index (χ1n) is 14.3. The molecule has 18 nitrogen and oxygen atoms in total. The van der Waals surface area contributed by atoms with Crippen LogP contribution in [-0.2, 0) is 39.8 Å². The summed E-state index contributed by atoms with van der Waals surface area (Å²) in [6, 6.07) is 0. The van der Waals surface area contributed by atoms with Crippen molar-refractivity contribution in [1.29, 1.82) is 5.41 Å². The van der Waals surface area contributed by atoms with Crippen LogP contribution in [0.1, 0.15) is 59.1 Å². The molecule has 2 aliphatic rings. The van der Waals surface area contributed by atoms with Gasteiger partial charge in [-0.2, -0.15) is 0 Å². The number of rotatable bonds is 16.